The van der Waals surface area contributed by atoms with Gasteiger partial charge in [-0.2, -0.15) is 0 Å². The molecule has 1 aromatic carbocycles. The fourth-order valence-corrected chi connectivity index (χ4v) is 1.45. The molecule has 0 aliphatic carbocycles. The van der Waals surface area contributed by atoms with Crippen LogP contribution in [0.15, 0.2) is 18.2 Å². The Morgan fingerprint density at radius 3 is 2.79 bits per heavy atom. The number of aliphatic hydroxyl groups excluding tert-OH is 1. The lowest BCUT2D eigenvalue weighted by atomic mass is 10.1. The average Bonchev–Trinajstić information content (AvgIpc) is 2.13. The minimum atomic E-state index is 0.108. The first-order chi connectivity index (χ1) is 6.65. The average molecular weight is 213 g/mol. The molecule has 0 saturated heterocycles. The highest BCUT2D eigenvalue weighted by molar-refractivity contribution is 6.30. The van der Waals surface area contributed by atoms with Crippen molar-refractivity contribution in [1.82, 2.24) is 0 Å². The summed E-state index contributed by atoms with van der Waals surface area (Å²) in [6.07, 6.45) is 4.13. The SMILES string of the molecule is Cc1cc(Cl)cc(C=CCCO)c1O. The van der Waals surface area contributed by atoms with Gasteiger partial charge < -0.3 is 10.2 Å². The number of aryl methyl sites for hydroxylation is 1. The van der Waals surface area contributed by atoms with Gasteiger partial charge in [0.05, 0.1) is 0 Å². The Morgan fingerprint density at radius 1 is 1.43 bits per heavy atom. The summed E-state index contributed by atoms with van der Waals surface area (Å²) in [6, 6.07) is 3.40. The van der Waals surface area contributed by atoms with Gasteiger partial charge >= 0.3 is 0 Å². The molecule has 0 fully saturated rings. The third-order valence-electron chi connectivity index (χ3n) is 1.89. The van der Waals surface area contributed by atoms with Crippen LogP contribution in [0.1, 0.15) is 17.5 Å². The molecule has 0 atom stereocenters. The molecule has 0 saturated carbocycles. The van der Waals surface area contributed by atoms with E-state index in [1.54, 1.807) is 31.2 Å². The zero-order valence-corrected chi connectivity index (χ0v) is 8.75. The van der Waals surface area contributed by atoms with Crippen molar-refractivity contribution < 1.29 is 10.2 Å². The van der Waals surface area contributed by atoms with Crippen molar-refractivity contribution in [2.45, 2.75) is 13.3 Å². The monoisotopic (exact) mass is 212 g/mol. The zero-order valence-electron chi connectivity index (χ0n) is 8.00. The smallest absolute Gasteiger partial charge is 0.125 e. The first-order valence-corrected chi connectivity index (χ1v) is 4.79. The predicted molar refractivity (Wildman–Crippen MR) is 58.6 cm³/mol. The van der Waals surface area contributed by atoms with Crippen LogP contribution in [0.25, 0.3) is 6.08 Å². The number of phenols is 1. The molecule has 0 unspecified atom stereocenters. The second-order valence-electron chi connectivity index (χ2n) is 3.08. The van der Waals surface area contributed by atoms with Crippen LogP contribution in [0.5, 0.6) is 5.75 Å². The largest absolute Gasteiger partial charge is 0.507 e. The van der Waals surface area contributed by atoms with Crippen molar-refractivity contribution in [2.75, 3.05) is 6.61 Å². The summed E-state index contributed by atoms with van der Waals surface area (Å²) < 4.78 is 0. The Bertz CT molecular complexity index is 345. The van der Waals surface area contributed by atoms with Gasteiger partial charge in [-0.1, -0.05) is 23.8 Å². The minimum Gasteiger partial charge on any atom is -0.507 e. The van der Waals surface area contributed by atoms with Crippen LogP contribution in [-0.2, 0) is 0 Å². The van der Waals surface area contributed by atoms with Crippen LogP contribution in [0.4, 0.5) is 0 Å². The summed E-state index contributed by atoms with van der Waals surface area (Å²) in [5.74, 6) is 0.239. The van der Waals surface area contributed by atoms with Crippen molar-refractivity contribution in [3.8, 4) is 5.75 Å². The lowest BCUT2D eigenvalue weighted by Gasteiger charge is -2.03. The van der Waals surface area contributed by atoms with Crippen LogP contribution in [-0.4, -0.2) is 16.8 Å². The lowest BCUT2D eigenvalue weighted by molar-refractivity contribution is 0.303. The van der Waals surface area contributed by atoms with Crippen LogP contribution in [0, 0.1) is 6.92 Å². The van der Waals surface area contributed by atoms with E-state index in [9.17, 15) is 5.11 Å². The molecule has 1 aromatic rings. The third-order valence-corrected chi connectivity index (χ3v) is 2.11. The molecular formula is C11H13ClO2. The first kappa shape index (κ1) is 11.1. The minimum absolute atomic E-state index is 0.108. The van der Waals surface area contributed by atoms with E-state index in [-0.39, 0.29) is 12.4 Å². The van der Waals surface area contributed by atoms with Crippen LogP contribution in [0.3, 0.4) is 0 Å². The van der Waals surface area contributed by atoms with Gasteiger partial charge in [-0.15, -0.1) is 0 Å². The number of phenolic OH excluding ortho intramolecular Hbond substituents is 1. The summed E-state index contributed by atoms with van der Waals surface area (Å²) in [5.41, 5.74) is 1.43. The van der Waals surface area contributed by atoms with E-state index in [0.29, 0.717) is 17.0 Å². The summed E-state index contributed by atoms with van der Waals surface area (Å²) in [6.45, 7) is 1.90. The van der Waals surface area contributed by atoms with Crippen LogP contribution < -0.4 is 0 Å². The topological polar surface area (TPSA) is 40.5 Å². The van der Waals surface area contributed by atoms with Gasteiger partial charge in [-0.25, -0.2) is 0 Å². The molecule has 2 N–H and O–H groups in total. The van der Waals surface area contributed by atoms with E-state index in [0.717, 1.165) is 5.56 Å². The van der Waals surface area contributed by atoms with Gasteiger partial charge in [0.15, 0.2) is 0 Å². The van der Waals surface area contributed by atoms with E-state index in [1.165, 1.54) is 0 Å². The fraction of sp³-hybridized carbons (Fsp3) is 0.273. The van der Waals surface area contributed by atoms with Gasteiger partial charge in [0, 0.05) is 17.2 Å². The first-order valence-electron chi connectivity index (χ1n) is 4.41. The summed E-state index contributed by atoms with van der Waals surface area (Å²) in [5, 5.41) is 18.8. The van der Waals surface area contributed by atoms with Gasteiger partial charge in [-0.3, -0.25) is 0 Å². The standard InChI is InChI=1S/C11H13ClO2/c1-8-6-10(12)7-9(11(8)14)4-2-3-5-13/h2,4,6-7,13-14H,3,5H2,1H3. The number of hydrogen-bond donors (Lipinski definition) is 2. The number of halogens is 1. The van der Waals surface area contributed by atoms with E-state index in [1.807, 2.05) is 0 Å². The second kappa shape index (κ2) is 5.03. The molecule has 3 heteroatoms. The van der Waals surface area contributed by atoms with Crippen molar-refractivity contribution in [1.29, 1.82) is 0 Å². The zero-order chi connectivity index (χ0) is 10.6. The van der Waals surface area contributed by atoms with Crippen molar-refractivity contribution in [3.63, 3.8) is 0 Å². The molecule has 0 amide bonds. The maximum atomic E-state index is 9.65. The molecule has 76 valence electrons. The van der Waals surface area contributed by atoms with Crippen LogP contribution >= 0.6 is 11.6 Å². The number of benzene rings is 1. The lowest BCUT2D eigenvalue weighted by Crippen LogP contribution is -1.81. The van der Waals surface area contributed by atoms with Gasteiger partial charge in [-0.05, 0) is 31.0 Å². The van der Waals surface area contributed by atoms with Gasteiger partial charge in [0.1, 0.15) is 5.75 Å². The maximum Gasteiger partial charge on any atom is 0.125 e. The normalized spacial score (nSPS) is 11.1. The number of hydrogen-bond acceptors (Lipinski definition) is 2. The quantitative estimate of drug-likeness (QED) is 0.809. The summed E-state index contributed by atoms with van der Waals surface area (Å²) in [4.78, 5) is 0. The highest BCUT2D eigenvalue weighted by atomic mass is 35.5. The number of aliphatic hydroxyl groups is 1. The molecule has 1 rings (SSSR count). The molecule has 14 heavy (non-hydrogen) atoms. The molecule has 0 spiro atoms. The Morgan fingerprint density at radius 2 is 2.14 bits per heavy atom. The molecule has 0 radical (unpaired) electrons. The summed E-state index contributed by atoms with van der Waals surface area (Å²) >= 11 is 5.84. The maximum absolute atomic E-state index is 9.65. The van der Waals surface area contributed by atoms with Crippen LogP contribution in [0.2, 0.25) is 5.02 Å². The molecule has 0 aliphatic heterocycles. The Hall–Kier alpha value is -0.990. The number of rotatable bonds is 3. The third kappa shape index (κ3) is 2.76. The Balaban J connectivity index is 2.96. The molecule has 0 aliphatic rings. The van der Waals surface area contributed by atoms with E-state index in [2.05, 4.69) is 0 Å². The van der Waals surface area contributed by atoms with E-state index < -0.39 is 0 Å². The molecule has 0 heterocycles. The molecule has 0 bridgehead atoms. The fourth-order valence-electron chi connectivity index (χ4n) is 1.17. The Labute approximate surface area is 88.5 Å². The van der Waals surface area contributed by atoms with Crippen molar-refractivity contribution >= 4 is 17.7 Å². The molecule has 0 aromatic heterocycles. The molecular weight excluding hydrogens is 200 g/mol. The Kier molecular flexibility index (Phi) is 3.98. The predicted octanol–water partition coefficient (Wildman–Crippen LogP) is 2.75. The second-order valence-corrected chi connectivity index (χ2v) is 3.51. The molecule has 2 nitrogen and oxygen atoms in total. The van der Waals surface area contributed by atoms with E-state index >= 15 is 0 Å². The van der Waals surface area contributed by atoms with Gasteiger partial charge in [0.25, 0.3) is 0 Å². The van der Waals surface area contributed by atoms with E-state index in [4.69, 9.17) is 16.7 Å². The highest BCUT2D eigenvalue weighted by Gasteiger charge is 2.02. The number of aromatic hydroxyl groups is 1. The van der Waals surface area contributed by atoms with Gasteiger partial charge in [0.2, 0.25) is 0 Å². The van der Waals surface area contributed by atoms with Crippen molar-refractivity contribution in [3.05, 3.63) is 34.4 Å². The highest BCUT2D eigenvalue weighted by Crippen LogP contribution is 2.27. The van der Waals surface area contributed by atoms with Crippen molar-refractivity contribution in [2.24, 2.45) is 0 Å². The summed E-state index contributed by atoms with van der Waals surface area (Å²) in [7, 11) is 0.